The van der Waals surface area contributed by atoms with Gasteiger partial charge in [0.25, 0.3) is 0 Å². The van der Waals surface area contributed by atoms with Gasteiger partial charge in [-0.05, 0) is 18.2 Å². The van der Waals surface area contributed by atoms with Crippen LogP contribution in [0.2, 0.25) is 0 Å². The third kappa shape index (κ3) is 4.19. The van der Waals surface area contributed by atoms with Gasteiger partial charge in [0, 0.05) is 30.2 Å². The Hall–Kier alpha value is -1.09. The average molecular weight is 330 g/mol. The summed E-state index contributed by atoms with van der Waals surface area (Å²) in [5.41, 5.74) is 0.545. The third-order valence-corrected chi connectivity index (χ3v) is 5.57. The van der Waals surface area contributed by atoms with Crippen LogP contribution in [0, 0.1) is 0 Å². The van der Waals surface area contributed by atoms with Gasteiger partial charge in [-0.1, -0.05) is 6.92 Å². The van der Waals surface area contributed by atoms with Gasteiger partial charge in [-0.2, -0.15) is 0 Å². The number of carbonyl (C=O) groups is 1. The summed E-state index contributed by atoms with van der Waals surface area (Å²) in [6.45, 7) is 2.47. The number of sulfonamides is 1. The largest absolute Gasteiger partial charge is 0.383 e. The first-order valence-electron chi connectivity index (χ1n) is 6.51. The topological polar surface area (TPSA) is 84.5 Å². The quantitative estimate of drug-likeness (QED) is 0.798. The fourth-order valence-electron chi connectivity index (χ4n) is 1.96. The minimum Gasteiger partial charge on any atom is -0.383 e. The summed E-state index contributed by atoms with van der Waals surface area (Å²) in [5.74, 6) is -0.101. The summed E-state index contributed by atoms with van der Waals surface area (Å²) in [7, 11) is -2.09. The standard InChI is InChI=1S/C13H18N2O4S2/c1-9-7-13(16)15-11-8-10(3-4-12(11)20-9)21(17,18)14-5-6-19-2/h3-4,8-9,14H,5-7H2,1-2H3,(H,15,16)/t9-/m0/s1. The lowest BCUT2D eigenvalue weighted by molar-refractivity contribution is -0.116. The zero-order valence-electron chi connectivity index (χ0n) is 11.9. The number of hydrogen-bond acceptors (Lipinski definition) is 5. The number of methoxy groups -OCH3 is 1. The van der Waals surface area contributed by atoms with Gasteiger partial charge in [-0.3, -0.25) is 4.79 Å². The Morgan fingerprint density at radius 3 is 2.95 bits per heavy atom. The van der Waals surface area contributed by atoms with Gasteiger partial charge in [0.15, 0.2) is 0 Å². The second-order valence-corrected chi connectivity index (χ2v) is 7.98. The van der Waals surface area contributed by atoms with Gasteiger partial charge >= 0.3 is 0 Å². The molecule has 0 fully saturated rings. The van der Waals surface area contributed by atoms with E-state index < -0.39 is 10.0 Å². The molecule has 6 nitrogen and oxygen atoms in total. The predicted molar refractivity (Wildman–Crippen MR) is 82.1 cm³/mol. The maximum absolute atomic E-state index is 12.1. The van der Waals surface area contributed by atoms with Crippen molar-refractivity contribution >= 4 is 33.4 Å². The lowest BCUT2D eigenvalue weighted by Crippen LogP contribution is -2.27. The number of thioether (sulfide) groups is 1. The van der Waals surface area contributed by atoms with Crippen molar-refractivity contribution in [2.24, 2.45) is 0 Å². The zero-order valence-corrected chi connectivity index (χ0v) is 13.5. The van der Waals surface area contributed by atoms with Gasteiger partial charge in [0.05, 0.1) is 17.2 Å². The number of fused-ring (bicyclic) bond motifs is 1. The van der Waals surface area contributed by atoms with Gasteiger partial charge in [0.1, 0.15) is 0 Å². The van der Waals surface area contributed by atoms with Crippen molar-refractivity contribution in [1.82, 2.24) is 4.72 Å². The lowest BCUT2D eigenvalue weighted by Gasteiger charge is -2.11. The number of carbonyl (C=O) groups excluding carboxylic acids is 1. The van der Waals surface area contributed by atoms with E-state index in [2.05, 4.69) is 10.0 Å². The molecule has 2 N–H and O–H groups in total. The van der Waals surface area contributed by atoms with E-state index in [0.717, 1.165) is 4.90 Å². The van der Waals surface area contributed by atoms with Crippen molar-refractivity contribution in [3.05, 3.63) is 18.2 Å². The molecule has 1 aliphatic heterocycles. The van der Waals surface area contributed by atoms with Crippen LogP contribution in [0.1, 0.15) is 13.3 Å². The molecule has 1 aromatic rings. The van der Waals surface area contributed by atoms with Crippen molar-refractivity contribution in [3.63, 3.8) is 0 Å². The molecule has 1 atom stereocenters. The molecule has 0 aromatic heterocycles. The molecule has 0 saturated heterocycles. The molecular weight excluding hydrogens is 312 g/mol. The monoisotopic (exact) mass is 330 g/mol. The van der Waals surface area contributed by atoms with Crippen molar-refractivity contribution in [2.75, 3.05) is 25.6 Å². The van der Waals surface area contributed by atoms with Crippen LogP contribution in [-0.2, 0) is 19.6 Å². The van der Waals surface area contributed by atoms with Crippen LogP contribution < -0.4 is 10.0 Å². The highest BCUT2D eigenvalue weighted by Gasteiger charge is 2.21. The first-order valence-corrected chi connectivity index (χ1v) is 8.88. The molecule has 0 bridgehead atoms. The fraction of sp³-hybridized carbons (Fsp3) is 0.462. The number of benzene rings is 1. The van der Waals surface area contributed by atoms with Crippen LogP contribution in [0.25, 0.3) is 0 Å². The van der Waals surface area contributed by atoms with Crippen LogP contribution in [0.5, 0.6) is 0 Å². The van der Waals surface area contributed by atoms with Crippen LogP contribution in [-0.4, -0.2) is 39.8 Å². The first-order chi connectivity index (χ1) is 9.92. The van der Waals surface area contributed by atoms with Crippen molar-refractivity contribution < 1.29 is 17.9 Å². The van der Waals surface area contributed by atoms with E-state index in [1.165, 1.54) is 13.2 Å². The van der Waals surface area contributed by atoms with E-state index in [-0.39, 0.29) is 22.6 Å². The number of rotatable bonds is 5. The second-order valence-electron chi connectivity index (χ2n) is 4.73. The SMILES string of the molecule is COCCNS(=O)(=O)c1ccc2c(c1)NC(=O)C[C@H](C)S2. The predicted octanol–water partition coefficient (Wildman–Crippen LogP) is 1.43. The van der Waals surface area contributed by atoms with Crippen LogP contribution >= 0.6 is 11.8 Å². The highest BCUT2D eigenvalue weighted by molar-refractivity contribution is 8.00. The van der Waals surface area contributed by atoms with Crippen molar-refractivity contribution in [3.8, 4) is 0 Å². The highest BCUT2D eigenvalue weighted by Crippen LogP contribution is 2.36. The molecule has 1 aliphatic rings. The third-order valence-electron chi connectivity index (χ3n) is 2.93. The minimum absolute atomic E-state index is 0.101. The van der Waals surface area contributed by atoms with E-state index >= 15 is 0 Å². The second kappa shape index (κ2) is 6.78. The van der Waals surface area contributed by atoms with Gasteiger partial charge in [0.2, 0.25) is 15.9 Å². The summed E-state index contributed by atoms with van der Waals surface area (Å²) < 4.78 is 31.5. The summed E-state index contributed by atoms with van der Waals surface area (Å²) >= 11 is 1.56. The zero-order chi connectivity index (χ0) is 15.5. The number of anilines is 1. The summed E-state index contributed by atoms with van der Waals surface area (Å²) in [5, 5.41) is 2.92. The lowest BCUT2D eigenvalue weighted by atomic mass is 10.3. The maximum atomic E-state index is 12.1. The maximum Gasteiger partial charge on any atom is 0.240 e. The molecule has 0 spiro atoms. The van der Waals surface area contributed by atoms with Gasteiger partial charge < -0.3 is 10.1 Å². The molecule has 21 heavy (non-hydrogen) atoms. The van der Waals surface area contributed by atoms with Crippen molar-refractivity contribution in [2.45, 2.75) is 28.4 Å². The molecule has 2 rings (SSSR count). The number of amides is 1. The van der Waals surface area contributed by atoms with E-state index in [1.807, 2.05) is 6.92 Å². The van der Waals surface area contributed by atoms with E-state index in [4.69, 9.17) is 4.74 Å². The Balaban J connectivity index is 2.26. The highest BCUT2D eigenvalue weighted by atomic mass is 32.2. The van der Waals surface area contributed by atoms with Crippen LogP contribution in [0.4, 0.5) is 5.69 Å². The summed E-state index contributed by atoms with van der Waals surface area (Å²) in [6, 6.07) is 4.77. The molecule has 0 aliphatic carbocycles. The Bertz CT molecular complexity index is 631. The van der Waals surface area contributed by atoms with Crippen LogP contribution in [0.3, 0.4) is 0 Å². The molecule has 1 heterocycles. The summed E-state index contributed by atoms with van der Waals surface area (Å²) in [4.78, 5) is 12.7. The fourth-order valence-corrected chi connectivity index (χ4v) is 4.05. The average Bonchev–Trinajstić information content (AvgIpc) is 2.54. The van der Waals surface area contributed by atoms with Gasteiger partial charge in [-0.15, -0.1) is 11.8 Å². The molecule has 116 valence electrons. The Kier molecular flexibility index (Phi) is 5.26. The number of hydrogen-bond donors (Lipinski definition) is 2. The number of ether oxygens (including phenoxy) is 1. The van der Waals surface area contributed by atoms with Gasteiger partial charge in [-0.25, -0.2) is 13.1 Å². The van der Waals surface area contributed by atoms with Crippen molar-refractivity contribution in [1.29, 1.82) is 0 Å². The van der Waals surface area contributed by atoms with Crippen LogP contribution in [0.15, 0.2) is 28.0 Å². The normalized spacial score (nSPS) is 18.8. The molecule has 0 saturated carbocycles. The molecule has 8 heteroatoms. The Labute approximate surface area is 128 Å². The molecule has 0 radical (unpaired) electrons. The van der Waals surface area contributed by atoms with E-state index in [0.29, 0.717) is 18.7 Å². The number of nitrogens with one attached hydrogen (secondary N) is 2. The summed E-state index contributed by atoms with van der Waals surface area (Å²) in [6.07, 6.45) is 0.410. The minimum atomic E-state index is -3.60. The molecular formula is C13H18N2O4S2. The molecule has 1 aromatic carbocycles. The Morgan fingerprint density at radius 2 is 2.24 bits per heavy atom. The molecule has 0 unspecified atom stereocenters. The smallest absolute Gasteiger partial charge is 0.240 e. The first kappa shape index (κ1) is 16.3. The van der Waals surface area contributed by atoms with E-state index in [1.54, 1.807) is 23.9 Å². The molecule has 1 amide bonds. The van der Waals surface area contributed by atoms with E-state index in [9.17, 15) is 13.2 Å². The Morgan fingerprint density at radius 1 is 1.48 bits per heavy atom.